The van der Waals surface area contributed by atoms with E-state index < -0.39 is 0 Å². The Morgan fingerprint density at radius 3 is 2.84 bits per heavy atom. The summed E-state index contributed by atoms with van der Waals surface area (Å²) in [5, 5.41) is 4.81. The fraction of sp³-hybridized carbons (Fsp3) is 0.308. The van der Waals surface area contributed by atoms with Gasteiger partial charge in [0.15, 0.2) is 0 Å². The van der Waals surface area contributed by atoms with Crippen LogP contribution < -0.4 is 0 Å². The molecule has 0 atom stereocenters. The van der Waals surface area contributed by atoms with Gasteiger partial charge in [-0.25, -0.2) is 9.07 Å². The van der Waals surface area contributed by atoms with Gasteiger partial charge in [0.1, 0.15) is 11.0 Å². The summed E-state index contributed by atoms with van der Waals surface area (Å²) in [6.07, 6.45) is 0. The van der Waals surface area contributed by atoms with Crippen LogP contribution in [-0.4, -0.2) is 16.9 Å². The van der Waals surface area contributed by atoms with Gasteiger partial charge < -0.3 is 4.74 Å². The Balaban J connectivity index is 2.30. The van der Waals surface area contributed by atoms with Crippen LogP contribution in [0.2, 0.25) is 5.15 Å². The minimum atomic E-state index is -0.282. The third-order valence-corrected chi connectivity index (χ3v) is 3.39. The number of halogens is 3. The maximum atomic E-state index is 13.1. The van der Waals surface area contributed by atoms with Crippen molar-refractivity contribution in [3.63, 3.8) is 0 Å². The molecule has 1 aromatic heterocycles. The fourth-order valence-corrected chi connectivity index (χ4v) is 2.45. The lowest BCUT2D eigenvalue weighted by Crippen LogP contribution is -2.03. The number of alkyl halides is 1. The number of hydrogen-bond donors (Lipinski definition) is 0. The second kappa shape index (κ2) is 6.37. The van der Waals surface area contributed by atoms with Gasteiger partial charge >= 0.3 is 0 Å². The molecule has 0 N–H and O–H groups in total. The Morgan fingerprint density at radius 2 is 2.21 bits per heavy atom. The molecule has 19 heavy (non-hydrogen) atoms. The molecule has 0 spiro atoms. The molecule has 0 amide bonds. The Bertz CT molecular complexity index is 572. The number of ether oxygens (including phenoxy) is 1. The molecule has 2 rings (SSSR count). The molecule has 0 unspecified atom stereocenters. The largest absolute Gasteiger partial charge is 0.378 e. The van der Waals surface area contributed by atoms with Crippen molar-refractivity contribution in [1.29, 1.82) is 0 Å². The number of rotatable bonds is 5. The van der Waals surface area contributed by atoms with Crippen LogP contribution in [0.25, 0.3) is 0 Å². The van der Waals surface area contributed by atoms with E-state index in [4.69, 9.17) is 27.9 Å². The highest BCUT2D eigenvalue weighted by atomic mass is 35.5. The highest BCUT2D eigenvalue weighted by molar-refractivity contribution is 6.31. The second-order valence-electron chi connectivity index (χ2n) is 4.07. The number of aromatic nitrogens is 2. The Morgan fingerprint density at radius 1 is 1.42 bits per heavy atom. The van der Waals surface area contributed by atoms with Crippen molar-refractivity contribution in [2.24, 2.45) is 0 Å². The standard InChI is InChI=1S/C13H13Cl2FN2O/c1-19-8-12-11(6-14)13(15)18(17-12)7-9-3-2-4-10(16)5-9/h2-5H,6-8H2,1H3. The molecule has 0 saturated heterocycles. The number of hydrogen-bond acceptors (Lipinski definition) is 2. The van der Waals surface area contributed by atoms with E-state index in [1.54, 1.807) is 17.9 Å². The zero-order valence-corrected chi connectivity index (χ0v) is 11.9. The number of benzene rings is 1. The van der Waals surface area contributed by atoms with E-state index in [0.717, 1.165) is 11.1 Å². The molecule has 0 radical (unpaired) electrons. The van der Waals surface area contributed by atoms with Crippen LogP contribution in [-0.2, 0) is 23.8 Å². The summed E-state index contributed by atoms with van der Waals surface area (Å²) in [5.41, 5.74) is 2.25. The quantitative estimate of drug-likeness (QED) is 0.789. The highest BCUT2D eigenvalue weighted by Gasteiger charge is 2.15. The summed E-state index contributed by atoms with van der Waals surface area (Å²) in [6, 6.07) is 6.32. The van der Waals surface area contributed by atoms with Crippen molar-refractivity contribution < 1.29 is 9.13 Å². The average Bonchev–Trinajstić information content (AvgIpc) is 2.66. The van der Waals surface area contributed by atoms with Gasteiger partial charge in [0.05, 0.1) is 24.7 Å². The van der Waals surface area contributed by atoms with Crippen molar-refractivity contribution in [3.05, 3.63) is 52.1 Å². The summed E-state index contributed by atoms with van der Waals surface area (Å²) in [6.45, 7) is 0.738. The summed E-state index contributed by atoms with van der Waals surface area (Å²) in [5.74, 6) is -0.0174. The van der Waals surface area contributed by atoms with Gasteiger partial charge in [-0.2, -0.15) is 5.10 Å². The zero-order valence-electron chi connectivity index (χ0n) is 10.4. The lowest BCUT2D eigenvalue weighted by molar-refractivity contribution is 0.180. The lowest BCUT2D eigenvalue weighted by Gasteiger charge is -2.03. The first-order valence-electron chi connectivity index (χ1n) is 5.69. The number of methoxy groups -OCH3 is 1. The molecule has 1 heterocycles. The van der Waals surface area contributed by atoms with E-state index in [0.29, 0.717) is 24.0 Å². The zero-order chi connectivity index (χ0) is 13.8. The molecule has 6 heteroatoms. The van der Waals surface area contributed by atoms with E-state index in [-0.39, 0.29) is 11.7 Å². The van der Waals surface area contributed by atoms with Crippen LogP contribution in [0.5, 0.6) is 0 Å². The van der Waals surface area contributed by atoms with Crippen molar-refractivity contribution in [3.8, 4) is 0 Å². The molecule has 102 valence electrons. The van der Waals surface area contributed by atoms with E-state index in [9.17, 15) is 4.39 Å². The Labute approximate surface area is 120 Å². The molecule has 3 nitrogen and oxygen atoms in total. The molecular weight excluding hydrogens is 290 g/mol. The predicted octanol–water partition coefficient (Wildman–Crippen LogP) is 3.61. The highest BCUT2D eigenvalue weighted by Crippen LogP contribution is 2.23. The summed E-state index contributed by atoms with van der Waals surface area (Å²) in [7, 11) is 1.58. The minimum absolute atomic E-state index is 0.265. The van der Waals surface area contributed by atoms with E-state index in [1.807, 2.05) is 6.07 Å². The summed E-state index contributed by atoms with van der Waals surface area (Å²) >= 11 is 12.1. The van der Waals surface area contributed by atoms with Crippen LogP contribution in [0.4, 0.5) is 4.39 Å². The smallest absolute Gasteiger partial charge is 0.132 e. The maximum absolute atomic E-state index is 13.1. The van der Waals surface area contributed by atoms with Gasteiger partial charge in [0.2, 0.25) is 0 Å². The number of nitrogens with zero attached hydrogens (tertiary/aromatic N) is 2. The molecular formula is C13H13Cl2FN2O. The van der Waals surface area contributed by atoms with Crippen LogP contribution in [0.1, 0.15) is 16.8 Å². The van der Waals surface area contributed by atoms with E-state index in [1.165, 1.54) is 12.1 Å². The first kappa shape index (κ1) is 14.3. The second-order valence-corrected chi connectivity index (χ2v) is 4.70. The van der Waals surface area contributed by atoms with Crippen molar-refractivity contribution in [2.75, 3.05) is 7.11 Å². The summed E-state index contributed by atoms with van der Waals surface area (Å²) in [4.78, 5) is 0. The van der Waals surface area contributed by atoms with Crippen LogP contribution in [0, 0.1) is 5.82 Å². The van der Waals surface area contributed by atoms with Crippen LogP contribution in [0.3, 0.4) is 0 Å². The third kappa shape index (κ3) is 3.26. The molecule has 0 aliphatic carbocycles. The van der Waals surface area contributed by atoms with Crippen molar-refractivity contribution in [1.82, 2.24) is 9.78 Å². The third-order valence-electron chi connectivity index (χ3n) is 2.70. The van der Waals surface area contributed by atoms with Gasteiger partial charge in [-0.1, -0.05) is 23.7 Å². The van der Waals surface area contributed by atoms with Gasteiger partial charge in [-0.15, -0.1) is 11.6 Å². The Kier molecular flexibility index (Phi) is 4.80. The molecule has 2 aromatic rings. The van der Waals surface area contributed by atoms with Gasteiger partial charge in [0.25, 0.3) is 0 Å². The fourth-order valence-electron chi connectivity index (χ4n) is 1.82. The van der Waals surface area contributed by atoms with Crippen LogP contribution in [0.15, 0.2) is 24.3 Å². The van der Waals surface area contributed by atoms with Gasteiger partial charge in [-0.05, 0) is 17.7 Å². The Hall–Kier alpha value is -1.10. The van der Waals surface area contributed by atoms with Gasteiger partial charge in [0, 0.05) is 12.7 Å². The molecule has 0 aliphatic heterocycles. The molecule has 1 aromatic carbocycles. The maximum Gasteiger partial charge on any atom is 0.132 e. The monoisotopic (exact) mass is 302 g/mol. The first-order chi connectivity index (χ1) is 9.15. The van der Waals surface area contributed by atoms with E-state index >= 15 is 0 Å². The molecule has 0 bridgehead atoms. The van der Waals surface area contributed by atoms with Gasteiger partial charge in [-0.3, -0.25) is 0 Å². The van der Waals surface area contributed by atoms with Crippen molar-refractivity contribution in [2.45, 2.75) is 19.0 Å². The summed E-state index contributed by atoms with van der Waals surface area (Å²) < 4.78 is 19.8. The van der Waals surface area contributed by atoms with Crippen molar-refractivity contribution >= 4 is 23.2 Å². The SMILES string of the molecule is COCc1nn(Cc2cccc(F)c2)c(Cl)c1CCl. The first-order valence-corrected chi connectivity index (χ1v) is 6.60. The molecule has 0 saturated carbocycles. The normalized spacial score (nSPS) is 10.9. The lowest BCUT2D eigenvalue weighted by atomic mass is 10.2. The predicted molar refractivity (Wildman–Crippen MR) is 73.0 cm³/mol. The minimum Gasteiger partial charge on any atom is -0.378 e. The molecule has 0 fully saturated rings. The average molecular weight is 303 g/mol. The van der Waals surface area contributed by atoms with Crippen LogP contribution >= 0.6 is 23.2 Å². The van der Waals surface area contributed by atoms with E-state index in [2.05, 4.69) is 5.10 Å². The molecule has 0 aliphatic rings. The topological polar surface area (TPSA) is 27.1 Å².